The molecule has 0 heterocycles. The fourth-order valence-corrected chi connectivity index (χ4v) is 3.17. The van der Waals surface area contributed by atoms with Crippen LogP contribution < -0.4 is 5.73 Å². The van der Waals surface area contributed by atoms with Gasteiger partial charge < -0.3 is 10.8 Å². The predicted octanol–water partition coefficient (Wildman–Crippen LogP) is 2.86. The molecular formula is C13H18Br2N2O2. The minimum Gasteiger partial charge on any atom is -0.506 e. The molecule has 0 saturated carbocycles. The Morgan fingerprint density at radius 1 is 1.37 bits per heavy atom. The minimum atomic E-state index is -0.336. The first-order valence-electron chi connectivity index (χ1n) is 5.97. The van der Waals surface area contributed by atoms with E-state index in [-0.39, 0.29) is 18.2 Å². The number of aromatic hydroxyl groups is 1. The lowest BCUT2D eigenvalue weighted by Crippen LogP contribution is -2.35. The number of hydrogen-bond donors (Lipinski definition) is 2. The Kier molecular flexibility index (Phi) is 6.29. The number of phenols is 1. The smallest absolute Gasteiger partial charge is 0.231 e. The number of halogens is 2. The molecule has 1 aromatic carbocycles. The van der Waals surface area contributed by atoms with Gasteiger partial charge in [-0.05, 0) is 55.5 Å². The van der Waals surface area contributed by atoms with E-state index in [2.05, 4.69) is 45.7 Å². The Hall–Kier alpha value is -0.590. The third kappa shape index (κ3) is 5.50. The fraction of sp³-hybridized carbons (Fsp3) is 0.462. The summed E-state index contributed by atoms with van der Waals surface area (Å²) in [5.74, 6) is 0.287. The van der Waals surface area contributed by atoms with Gasteiger partial charge in [0.2, 0.25) is 5.91 Å². The molecule has 0 saturated heterocycles. The van der Waals surface area contributed by atoms with Crippen molar-refractivity contribution in [2.45, 2.75) is 20.4 Å². The van der Waals surface area contributed by atoms with Gasteiger partial charge in [-0.3, -0.25) is 9.69 Å². The summed E-state index contributed by atoms with van der Waals surface area (Å²) in [4.78, 5) is 13.1. The van der Waals surface area contributed by atoms with E-state index in [1.165, 1.54) is 0 Å². The first-order chi connectivity index (χ1) is 8.79. The van der Waals surface area contributed by atoms with Crippen LogP contribution in [0.3, 0.4) is 0 Å². The maximum absolute atomic E-state index is 11.1. The number of phenolic OH excluding ortho intramolecular Hbond substituents is 1. The first kappa shape index (κ1) is 16.5. The van der Waals surface area contributed by atoms with Gasteiger partial charge in [0, 0.05) is 13.1 Å². The highest BCUT2D eigenvalue weighted by molar-refractivity contribution is 9.11. The molecule has 0 aliphatic rings. The van der Waals surface area contributed by atoms with E-state index in [1.807, 2.05) is 17.0 Å². The zero-order valence-electron chi connectivity index (χ0n) is 11.0. The van der Waals surface area contributed by atoms with Gasteiger partial charge in [-0.15, -0.1) is 0 Å². The molecule has 3 N–H and O–H groups in total. The lowest BCUT2D eigenvalue weighted by atomic mass is 10.1. The van der Waals surface area contributed by atoms with Crippen molar-refractivity contribution in [1.82, 2.24) is 4.90 Å². The van der Waals surface area contributed by atoms with E-state index < -0.39 is 0 Å². The van der Waals surface area contributed by atoms with Crippen molar-refractivity contribution >= 4 is 37.8 Å². The second kappa shape index (κ2) is 7.26. The average Bonchev–Trinajstić information content (AvgIpc) is 2.23. The molecule has 0 aromatic heterocycles. The molecule has 0 aliphatic heterocycles. The Balaban J connectivity index is 2.86. The van der Waals surface area contributed by atoms with Crippen LogP contribution in [0, 0.1) is 5.92 Å². The SMILES string of the molecule is CC(C)CN(CC(N)=O)Cc1cc(Br)c(O)c(Br)c1. The number of hydrogen-bond acceptors (Lipinski definition) is 3. The molecule has 19 heavy (non-hydrogen) atoms. The highest BCUT2D eigenvalue weighted by atomic mass is 79.9. The second-order valence-electron chi connectivity index (χ2n) is 4.94. The third-order valence-electron chi connectivity index (χ3n) is 2.49. The zero-order chi connectivity index (χ0) is 14.6. The number of primary amides is 1. The molecule has 0 bridgehead atoms. The summed E-state index contributed by atoms with van der Waals surface area (Å²) >= 11 is 6.60. The minimum absolute atomic E-state index is 0.175. The maximum Gasteiger partial charge on any atom is 0.231 e. The van der Waals surface area contributed by atoms with Crippen LogP contribution in [0.2, 0.25) is 0 Å². The topological polar surface area (TPSA) is 66.6 Å². The monoisotopic (exact) mass is 392 g/mol. The third-order valence-corrected chi connectivity index (χ3v) is 3.69. The average molecular weight is 394 g/mol. The van der Waals surface area contributed by atoms with E-state index in [4.69, 9.17) is 5.73 Å². The number of rotatable bonds is 6. The first-order valence-corrected chi connectivity index (χ1v) is 7.55. The Bertz CT molecular complexity index is 441. The van der Waals surface area contributed by atoms with Crippen LogP contribution >= 0.6 is 31.9 Å². The van der Waals surface area contributed by atoms with Crippen LogP contribution in [0.5, 0.6) is 5.75 Å². The summed E-state index contributed by atoms with van der Waals surface area (Å²) < 4.78 is 1.25. The molecule has 6 heteroatoms. The number of carbonyl (C=O) groups excluding carboxylic acids is 1. The van der Waals surface area contributed by atoms with Crippen molar-refractivity contribution in [2.75, 3.05) is 13.1 Å². The molecule has 0 fully saturated rings. The fourth-order valence-electron chi connectivity index (χ4n) is 1.89. The van der Waals surface area contributed by atoms with Crippen LogP contribution in [0.25, 0.3) is 0 Å². The zero-order valence-corrected chi connectivity index (χ0v) is 14.2. The quantitative estimate of drug-likeness (QED) is 0.780. The summed E-state index contributed by atoms with van der Waals surface area (Å²) in [6.07, 6.45) is 0. The van der Waals surface area contributed by atoms with Gasteiger partial charge in [0.25, 0.3) is 0 Å². The second-order valence-corrected chi connectivity index (χ2v) is 6.65. The van der Waals surface area contributed by atoms with Gasteiger partial charge in [0.1, 0.15) is 5.75 Å². The van der Waals surface area contributed by atoms with Crippen LogP contribution in [-0.2, 0) is 11.3 Å². The molecule has 1 rings (SSSR count). The number of nitrogens with zero attached hydrogens (tertiary/aromatic N) is 1. The van der Waals surface area contributed by atoms with Crippen LogP contribution in [-0.4, -0.2) is 29.0 Å². The molecule has 4 nitrogen and oxygen atoms in total. The molecule has 0 atom stereocenters. The lowest BCUT2D eigenvalue weighted by Gasteiger charge is -2.23. The highest BCUT2D eigenvalue weighted by Crippen LogP contribution is 2.33. The van der Waals surface area contributed by atoms with Crippen molar-refractivity contribution in [2.24, 2.45) is 11.7 Å². The van der Waals surface area contributed by atoms with Gasteiger partial charge in [0.15, 0.2) is 0 Å². The maximum atomic E-state index is 11.1. The van der Waals surface area contributed by atoms with E-state index in [9.17, 15) is 9.90 Å². The van der Waals surface area contributed by atoms with E-state index >= 15 is 0 Å². The van der Waals surface area contributed by atoms with E-state index in [1.54, 1.807) is 0 Å². The van der Waals surface area contributed by atoms with E-state index in [0.717, 1.165) is 12.1 Å². The summed E-state index contributed by atoms with van der Waals surface area (Å²) in [6, 6.07) is 3.68. The van der Waals surface area contributed by atoms with Crippen molar-refractivity contribution in [3.05, 3.63) is 26.6 Å². The molecule has 1 amide bonds. The predicted molar refractivity (Wildman–Crippen MR) is 82.8 cm³/mol. The normalized spacial score (nSPS) is 11.3. The Labute approximate surface area is 130 Å². The number of carbonyl (C=O) groups is 1. The Morgan fingerprint density at radius 2 is 1.89 bits per heavy atom. The van der Waals surface area contributed by atoms with Crippen molar-refractivity contribution < 1.29 is 9.90 Å². The van der Waals surface area contributed by atoms with Crippen molar-refractivity contribution in [3.8, 4) is 5.75 Å². The standard InChI is InChI=1S/C13H18Br2N2O2/c1-8(2)5-17(7-12(16)18)6-9-3-10(14)13(19)11(15)4-9/h3-4,8,19H,5-7H2,1-2H3,(H2,16,18). The van der Waals surface area contributed by atoms with Crippen LogP contribution in [0.1, 0.15) is 19.4 Å². The lowest BCUT2D eigenvalue weighted by molar-refractivity contribution is -0.119. The molecule has 1 aromatic rings. The molecule has 0 spiro atoms. The Morgan fingerprint density at radius 3 is 2.32 bits per heavy atom. The molecule has 106 valence electrons. The molecule has 0 radical (unpaired) electrons. The van der Waals surface area contributed by atoms with Gasteiger partial charge in [-0.25, -0.2) is 0 Å². The number of nitrogens with two attached hydrogens (primary N) is 1. The van der Waals surface area contributed by atoms with Gasteiger partial charge >= 0.3 is 0 Å². The molecule has 0 unspecified atom stereocenters. The molecular weight excluding hydrogens is 376 g/mol. The van der Waals surface area contributed by atoms with Gasteiger partial charge in [0.05, 0.1) is 15.5 Å². The number of benzene rings is 1. The van der Waals surface area contributed by atoms with Gasteiger partial charge in [-0.2, -0.15) is 0 Å². The largest absolute Gasteiger partial charge is 0.506 e. The summed E-state index contributed by atoms with van der Waals surface area (Å²) in [5, 5.41) is 9.67. The van der Waals surface area contributed by atoms with Crippen LogP contribution in [0.4, 0.5) is 0 Å². The highest BCUT2D eigenvalue weighted by Gasteiger charge is 2.13. The van der Waals surface area contributed by atoms with Crippen LogP contribution in [0.15, 0.2) is 21.1 Å². The summed E-state index contributed by atoms with van der Waals surface area (Å²) in [6.45, 7) is 5.82. The van der Waals surface area contributed by atoms with Gasteiger partial charge in [-0.1, -0.05) is 13.8 Å². The summed E-state index contributed by atoms with van der Waals surface area (Å²) in [5.41, 5.74) is 6.27. The van der Waals surface area contributed by atoms with Crippen molar-refractivity contribution in [1.29, 1.82) is 0 Å². The van der Waals surface area contributed by atoms with E-state index in [0.29, 0.717) is 21.4 Å². The molecule has 0 aliphatic carbocycles. The van der Waals surface area contributed by atoms with Crippen molar-refractivity contribution in [3.63, 3.8) is 0 Å². The number of amides is 1. The summed E-state index contributed by atoms with van der Waals surface area (Å²) in [7, 11) is 0.